The highest BCUT2D eigenvalue weighted by Crippen LogP contribution is 2.15. The maximum atomic E-state index is 10.7. The van der Waals surface area contributed by atoms with Crippen LogP contribution in [0, 0.1) is 0 Å². The van der Waals surface area contributed by atoms with Gasteiger partial charge in [-0.1, -0.05) is 0 Å². The molecule has 0 unspecified atom stereocenters. The Labute approximate surface area is 72.8 Å². The number of hydrogen-bond acceptors (Lipinski definition) is 4. The minimum Gasteiger partial charge on any atom is -0.444 e. The molecular formula is C7H6N4O2. The fraction of sp³-hybridized carbons (Fsp3) is 0. The molecule has 13 heavy (non-hydrogen) atoms. The molecule has 0 saturated heterocycles. The predicted molar refractivity (Wildman–Crippen MR) is 42.6 cm³/mol. The molecule has 6 heteroatoms. The first-order chi connectivity index (χ1) is 6.27. The van der Waals surface area contributed by atoms with E-state index >= 15 is 0 Å². The zero-order valence-electron chi connectivity index (χ0n) is 6.52. The zero-order chi connectivity index (χ0) is 9.26. The Morgan fingerprint density at radius 1 is 1.62 bits per heavy atom. The zero-order valence-corrected chi connectivity index (χ0v) is 6.52. The first kappa shape index (κ1) is 7.53. The molecular weight excluding hydrogens is 172 g/mol. The molecule has 0 aliphatic carbocycles. The smallest absolute Gasteiger partial charge is 0.270 e. The Morgan fingerprint density at radius 2 is 2.46 bits per heavy atom. The summed E-state index contributed by atoms with van der Waals surface area (Å²) < 4.78 is 5.00. The summed E-state index contributed by atoms with van der Waals surface area (Å²) in [5.74, 6) is -0.291. The second-order valence-corrected chi connectivity index (χ2v) is 2.39. The van der Waals surface area contributed by atoms with Gasteiger partial charge in [0, 0.05) is 6.20 Å². The number of nitrogens with one attached hydrogen (secondary N) is 1. The molecule has 2 aromatic heterocycles. The van der Waals surface area contributed by atoms with E-state index in [0.717, 1.165) is 0 Å². The van der Waals surface area contributed by atoms with E-state index in [1.807, 2.05) is 0 Å². The number of carbonyl (C=O) groups is 1. The Bertz CT molecular complexity index is 417. The molecule has 66 valence electrons. The van der Waals surface area contributed by atoms with E-state index in [1.165, 1.54) is 12.5 Å². The molecule has 0 bridgehead atoms. The number of H-pyrrole nitrogens is 1. The third kappa shape index (κ3) is 1.28. The topological polar surface area (TPSA) is 97.8 Å². The fourth-order valence-electron chi connectivity index (χ4n) is 0.887. The van der Waals surface area contributed by atoms with Crippen molar-refractivity contribution in [2.45, 2.75) is 0 Å². The third-order valence-corrected chi connectivity index (χ3v) is 1.50. The number of amides is 1. The van der Waals surface area contributed by atoms with Crippen LogP contribution in [0.3, 0.4) is 0 Å². The molecule has 0 saturated carbocycles. The van der Waals surface area contributed by atoms with E-state index in [9.17, 15) is 4.79 Å². The normalized spacial score (nSPS) is 10.2. The third-order valence-electron chi connectivity index (χ3n) is 1.50. The van der Waals surface area contributed by atoms with Crippen molar-refractivity contribution in [3.05, 3.63) is 24.4 Å². The van der Waals surface area contributed by atoms with E-state index in [0.29, 0.717) is 11.5 Å². The summed E-state index contributed by atoms with van der Waals surface area (Å²) in [5, 5.41) is 6.31. The Kier molecular flexibility index (Phi) is 1.59. The lowest BCUT2D eigenvalue weighted by atomic mass is 10.4. The van der Waals surface area contributed by atoms with Crippen molar-refractivity contribution < 1.29 is 9.21 Å². The van der Waals surface area contributed by atoms with Crippen LogP contribution >= 0.6 is 0 Å². The van der Waals surface area contributed by atoms with Gasteiger partial charge in [0.05, 0.1) is 11.8 Å². The SMILES string of the molecule is NC(=O)c1coc(-c2cn[nH]c2)n1. The molecule has 0 radical (unpaired) electrons. The van der Waals surface area contributed by atoms with Gasteiger partial charge in [0.2, 0.25) is 5.89 Å². The number of oxazole rings is 1. The van der Waals surface area contributed by atoms with Gasteiger partial charge in [-0.25, -0.2) is 4.98 Å². The standard InChI is InChI=1S/C7H6N4O2/c8-6(12)5-3-13-7(11-5)4-1-9-10-2-4/h1-3H,(H2,8,12)(H,9,10). The molecule has 3 N–H and O–H groups in total. The maximum Gasteiger partial charge on any atom is 0.270 e. The number of aromatic nitrogens is 3. The van der Waals surface area contributed by atoms with Crippen LogP contribution < -0.4 is 5.73 Å². The number of rotatable bonds is 2. The molecule has 0 atom stereocenters. The van der Waals surface area contributed by atoms with E-state index in [2.05, 4.69) is 15.2 Å². The first-order valence-electron chi connectivity index (χ1n) is 3.52. The molecule has 0 fully saturated rings. The van der Waals surface area contributed by atoms with Gasteiger partial charge in [-0.15, -0.1) is 0 Å². The minimum absolute atomic E-state index is 0.108. The lowest BCUT2D eigenvalue weighted by molar-refractivity contribution is 0.0995. The van der Waals surface area contributed by atoms with Crippen LogP contribution in [0.2, 0.25) is 0 Å². The van der Waals surface area contributed by atoms with E-state index in [1.54, 1.807) is 6.20 Å². The van der Waals surface area contributed by atoms with Crippen molar-refractivity contribution in [1.29, 1.82) is 0 Å². The Morgan fingerprint density at radius 3 is 3.00 bits per heavy atom. The van der Waals surface area contributed by atoms with E-state index in [-0.39, 0.29) is 5.69 Å². The average Bonchev–Trinajstić information content (AvgIpc) is 2.75. The van der Waals surface area contributed by atoms with Gasteiger partial charge >= 0.3 is 0 Å². The van der Waals surface area contributed by atoms with Crippen molar-refractivity contribution in [2.75, 3.05) is 0 Å². The van der Waals surface area contributed by atoms with E-state index < -0.39 is 5.91 Å². The van der Waals surface area contributed by atoms with Crippen LogP contribution in [0.5, 0.6) is 0 Å². The van der Waals surface area contributed by atoms with Crippen LogP contribution in [0.15, 0.2) is 23.1 Å². The second-order valence-electron chi connectivity index (χ2n) is 2.39. The van der Waals surface area contributed by atoms with Crippen molar-refractivity contribution >= 4 is 5.91 Å². The Balaban J connectivity index is 2.39. The van der Waals surface area contributed by atoms with Gasteiger partial charge in [-0.3, -0.25) is 9.89 Å². The molecule has 0 aromatic carbocycles. The molecule has 0 spiro atoms. The predicted octanol–water partition coefficient (Wildman–Crippen LogP) is 0.164. The van der Waals surface area contributed by atoms with Crippen molar-refractivity contribution in [1.82, 2.24) is 15.2 Å². The quantitative estimate of drug-likeness (QED) is 0.684. The number of nitrogens with zero attached hydrogens (tertiary/aromatic N) is 2. The number of carbonyl (C=O) groups excluding carboxylic acids is 1. The lowest BCUT2D eigenvalue weighted by Gasteiger charge is -1.83. The van der Waals surface area contributed by atoms with Crippen molar-refractivity contribution in [2.24, 2.45) is 5.73 Å². The van der Waals surface area contributed by atoms with Crippen molar-refractivity contribution in [3.8, 4) is 11.5 Å². The van der Waals surface area contributed by atoms with Gasteiger partial charge in [0.15, 0.2) is 5.69 Å². The summed E-state index contributed by atoms with van der Waals surface area (Å²) in [6.07, 6.45) is 4.36. The highest BCUT2D eigenvalue weighted by atomic mass is 16.3. The van der Waals surface area contributed by atoms with Crippen LogP contribution in [-0.4, -0.2) is 21.1 Å². The molecule has 2 rings (SSSR count). The molecule has 2 aromatic rings. The van der Waals surface area contributed by atoms with Crippen LogP contribution in [0.4, 0.5) is 0 Å². The number of nitrogens with two attached hydrogens (primary N) is 1. The highest BCUT2D eigenvalue weighted by molar-refractivity contribution is 5.90. The summed E-state index contributed by atoms with van der Waals surface area (Å²) in [4.78, 5) is 14.5. The minimum atomic E-state index is -0.613. The van der Waals surface area contributed by atoms with Gasteiger partial charge < -0.3 is 10.2 Å². The summed E-state index contributed by atoms with van der Waals surface area (Å²) in [6.45, 7) is 0. The van der Waals surface area contributed by atoms with Crippen LogP contribution in [-0.2, 0) is 0 Å². The largest absolute Gasteiger partial charge is 0.444 e. The van der Waals surface area contributed by atoms with Crippen LogP contribution in [0.1, 0.15) is 10.5 Å². The summed E-state index contributed by atoms with van der Waals surface area (Å²) >= 11 is 0. The summed E-state index contributed by atoms with van der Waals surface area (Å²) in [5.41, 5.74) is 5.78. The number of aromatic amines is 1. The first-order valence-corrected chi connectivity index (χ1v) is 3.52. The van der Waals surface area contributed by atoms with Gasteiger partial charge in [-0.2, -0.15) is 5.10 Å². The molecule has 0 aliphatic rings. The summed E-state index contributed by atoms with van der Waals surface area (Å²) in [6, 6.07) is 0. The number of primary amides is 1. The van der Waals surface area contributed by atoms with E-state index in [4.69, 9.17) is 10.2 Å². The van der Waals surface area contributed by atoms with Gasteiger partial charge in [0.1, 0.15) is 6.26 Å². The molecule has 0 aliphatic heterocycles. The van der Waals surface area contributed by atoms with Gasteiger partial charge in [0.25, 0.3) is 5.91 Å². The monoisotopic (exact) mass is 178 g/mol. The lowest BCUT2D eigenvalue weighted by Crippen LogP contribution is -2.10. The molecule has 1 amide bonds. The fourth-order valence-corrected chi connectivity index (χ4v) is 0.887. The molecule has 2 heterocycles. The van der Waals surface area contributed by atoms with Crippen LogP contribution in [0.25, 0.3) is 11.5 Å². The summed E-state index contributed by atoms with van der Waals surface area (Å²) in [7, 11) is 0. The maximum absolute atomic E-state index is 10.7. The van der Waals surface area contributed by atoms with Gasteiger partial charge in [-0.05, 0) is 0 Å². The van der Waals surface area contributed by atoms with Crippen molar-refractivity contribution in [3.63, 3.8) is 0 Å². The highest BCUT2D eigenvalue weighted by Gasteiger charge is 2.10. The number of hydrogen-bond donors (Lipinski definition) is 2. The average molecular weight is 178 g/mol. The Hall–Kier alpha value is -2.11. The second kappa shape index (κ2) is 2.74. The molecule has 6 nitrogen and oxygen atoms in total.